The van der Waals surface area contributed by atoms with Crippen molar-refractivity contribution in [2.45, 2.75) is 6.04 Å². The molecule has 1 N–H and O–H groups in total. The fourth-order valence-electron chi connectivity index (χ4n) is 3.52. The van der Waals surface area contributed by atoms with E-state index < -0.39 is 0 Å². The molecule has 1 unspecified atom stereocenters. The minimum atomic E-state index is -0.209. The Hall–Kier alpha value is -2.67. The average molecular weight is 385 g/mol. The molecule has 0 spiro atoms. The van der Waals surface area contributed by atoms with E-state index in [-0.39, 0.29) is 11.9 Å². The smallest absolute Gasteiger partial charge is 0.193 e. The lowest BCUT2D eigenvalue weighted by Crippen LogP contribution is -2.53. The molecule has 1 saturated heterocycles. The van der Waals surface area contributed by atoms with E-state index >= 15 is 0 Å². The van der Waals surface area contributed by atoms with Crippen LogP contribution in [0.25, 0.3) is 0 Å². The highest BCUT2D eigenvalue weighted by Crippen LogP contribution is 2.18. The molecule has 0 radical (unpaired) electrons. The zero-order valence-corrected chi connectivity index (χ0v) is 16.8. The number of nitrogens with one attached hydrogen (secondary N) is 1. The van der Waals surface area contributed by atoms with Gasteiger partial charge in [0.25, 0.3) is 0 Å². The van der Waals surface area contributed by atoms with Gasteiger partial charge in [0.2, 0.25) is 0 Å². The Balaban J connectivity index is 1.58. The van der Waals surface area contributed by atoms with Crippen LogP contribution >= 0.6 is 0 Å². The third-order valence-corrected chi connectivity index (χ3v) is 5.07. The predicted molar refractivity (Wildman–Crippen MR) is 112 cm³/mol. The van der Waals surface area contributed by atoms with Gasteiger partial charge in [0.1, 0.15) is 11.6 Å². The Morgan fingerprint density at radius 1 is 1.18 bits per heavy atom. The van der Waals surface area contributed by atoms with Crippen molar-refractivity contribution in [3.63, 3.8) is 0 Å². The number of guanidine groups is 1. The first-order chi connectivity index (χ1) is 13.6. The molecule has 1 atom stereocenters. The molecule has 0 amide bonds. The summed E-state index contributed by atoms with van der Waals surface area (Å²) >= 11 is 0. The number of pyridine rings is 1. The largest absolute Gasteiger partial charge is 0.354 e. The van der Waals surface area contributed by atoms with Crippen LogP contribution < -0.4 is 10.2 Å². The van der Waals surface area contributed by atoms with E-state index in [9.17, 15) is 4.39 Å². The van der Waals surface area contributed by atoms with Crippen LogP contribution in [0.5, 0.6) is 0 Å². The van der Waals surface area contributed by atoms with Gasteiger partial charge >= 0.3 is 0 Å². The second-order valence-electron chi connectivity index (χ2n) is 7.12. The molecule has 0 aliphatic carbocycles. The standard InChI is InChI=1S/C21H29FN6/c1-23-21(25-16-19(26(2)3)17-7-6-8-18(22)15-17)28-13-11-27(12-14-28)20-9-4-5-10-24-20/h4-10,15,19H,11-14,16H2,1-3H3,(H,23,25). The zero-order valence-electron chi connectivity index (χ0n) is 16.8. The molecular formula is C21H29FN6. The van der Waals surface area contributed by atoms with Gasteiger partial charge < -0.3 is 20.0 Å². The number of aromatic nitrogens is 1. The molecule has 1 aromatic carbocycles. The maximum Gasteiger partial charge on any atom is 0.193 e. The highest BCUT2D eigenvalue weighted by molar-refractivity contribution is 5.80. The summed E-state index contributed by atoms with van der Waals surface area (Å²) in [6, 6.07) is 12.8. The van der Waals surface area contributed by atoms with Crippen LogP contribution in [0.4, 0.5) is 10.2 Å². The summed E-state index contributed by atoms with van der Waals surface area (Å²) in [5.74, 6) is 1.69. The normalized spacial score (nSPS) is 16.4. The van der Waals surface area contributed by atoms with E-state index in [0.29, 0.717) is 6.54 Å². The van der Waals surface area contributed by atoms with Gasteiger partial charge in [-0.1, -0.05) is 18.2 Å². The van der Waals surface area contributed by atoms with E-state index in [1.54, 1.807) is 19.2 Å². The number of rotatable bonds is 5. The molecule has 2 aromatic rings. The number of halogens is 1. The van der Waals surface area contributed by atoms with E-state index in [1.807, 2.05) is 44.6 Å². The lowest BCUT2D eigenvalue weighted by atomic mass is 10.1. The summed E-state index contributed by atoms with van der Waals surface area (Å²) in [5, 5.41) is 3.47. The van der Waals surface area contributed by atoms with Gasteiger partial charge in [0, 0.05) is 46.0 Å². The quantitative estimate of drug-likeness (QED) is 0.633. The van der Waals surface area contributed by atoms with Crippen molar-refractivity contribution in [1.82, 2.24) is 20.1 Å². The average Bonchev–Trinajstić information content (AvgIpc) is 2.72. The summed E-state index contributed by atoms with van der Waals surface area (Å²) in [6.45, 7) is 4.21. The van der Waals surface area contributed by atoms with Gasteiger partial charge in [-0.25, -0.2) is 9.37 Å². The maximum atomic E-state index is 13.6. The monoisotopic (exact) mass is 384 g/mol. The van der Waals surface area contributed by atoms with Crippen LogP contribution in [-0.2, 0) is 0 Å². The molecular weight excluding hydrogens is 355 g/mol. The molecule has 7 heteroatoms. The summed E-state index contributed by atoms with van der Waals surface area (Å²) < 4.78 is 13.6. The number of aliphatic imine (C=N–C) groups is 1. The van der Waals surface area contributed by atoms with E-state index in [0.717, 1.165) is 43.5 Å². The number of anilines is 1. The van der Waals surface area contributed by atoms with Crippen molar-refractivity contribution in [2.24, 2.45) is 4.99 Å². The molecule has 1 fully saturated rings. The first kappa shape index (κ1) is 20.1. The first-order valence-electron chi connectivity index (χ1n) is 9.62. The van der Waals surface area contributed by atoms with E-state index in [1.165, 1.54) is 6.07 Å². The van der Waals surface area contributed by atoms with Crippen LogP contribution in [0.1, 0.15) is 11.6 Å². The molecule has 1 aliphatic heterocycles. The third kappa shape index (κ3) is 4.98. The SMILES string of the molecule is CN=C(NCC(c1cccc(F)c1)N(C)C)N1CCN(c2ccccn2)CC1. The van der Waals surface area contributed by atoms with Crippen LogP contribution in [0.15, 0.2) is 53.7 Å². The van der Waals surface area contributed by atoms with Crippen molar-refractivity contribution in [3.05, 3.63) is 60.0 Å². The summed E-state index contributed by atoms with van der Waals surface area (Å²) in [7, 11) is 5.82. The summed E-state index contributed by atoms with van der Waals surface area (Å²) in [6.07, 6.45) is 1.83. The molecule has 1 aromatic heterocycles. The second-order valence-corrected chi connectivity index (χ2v) is 7.12. The number of hydrogen-bond donors (Lipinski definition) is 1. The fourth-order valence-corrected chi connectivity index (χ4v) is 3.52. The Bertz CT molecular complexity index is 771. The molecule has 28 heavy (non-hydrogen) atoms. The minimum Gasteiger partial charge on any atom is -0.354 e. The molecule has 6 nitrogen and oxygen atoms in total. The number of benzene rings is 1. The highest BCUT2D eigenvalue weighted by Gasteiger charge is 2.22. The van der Waals surface area contributed by atoms with Crippen LogP contribution in [-0.4, -0.2) is 74.6 Å². The highest BCUT2D eigenvalue weighted by atomic mass is 19.1. The first-order valence-corrected chi connectivity index (χ1v) is 9.62. The van der Waals surface area contributed by atoms with Crippen molar-refractivity contribution < 1.29 is 4.39 Å². The Kier molecular flexibility index (Phi) is 6.81. The van der Waals surface area contributed by atoms with E-state index in [4.69, 9.17) is 0 Å². The number of hydrogen-bond acceptors (Lipinski definition) is 4. The summed E-state index contributed by atoms with van der Waals surface area (Å²) in [4.78, 5) is 15.5. The van der Waals surface area contributed by atoms with Gasteiger partial charge in [-0.3, -0.25) is 4.99 Å². The van der Waals surface area contributed by atoms with Gasteiger partial charge in [-0.2, -0.15) is 0 Å². The zero-order chi connectivity index (χ0) is 19.9. The Labute approximate surface area is 166 Å². The van der Waals surface area contributed by atoms with Crippen LogP contribution in [0, 0.1) is 5.82 Å². The second kappa shape index (κ2) is 9.50. The van der Waals surface area contributed by atoms with Crippen molar-refractivity contribution in [3.8, 4) is 0 Å². The van der Waals surface area contributed by atoms with Crippen LogP contribution in [0.3, 0.4) is 0 Å². The molecule has 0 saturated carbocycles. The van der Waals surface area contributed by atoms with Crippen LogP contribution in [0.2, 0.25) is 0 Å². The topological polar surface area (TPSA) is 47.0 Å². The predicted octanol–water partition coefficient (Wildman–Crippen LogP) is 2.22. The van der Waals surface area contributed by atoms with Crippen molar-refractivity contribution in [1.29, 1.82) is 0 Å². The molecule has 1 aliphatic rings. The molecule has 150 valence electrons. The third-order valence-electron chi connectivity index (χ3n) is 5.07. The number of piperazine rings is 1. The van der Waals surface area contributed by atoms with Gasteiger partial charge in [-0.05, 0) is 43.9 Å². The minimum absolute atomic E-state index is 0.0576. The van der Waals surface area contributed by atoms with Gasteiger partial charge in [0.15, 0.2) is 5.96 Å². The maximum absolute atomic E-state index is 13.6. The number of likely N-dealkylation sites (N-methyl/N-ethyl adjacent to an activating group) is 1. The Morgan fingerprint density at radius 2 is 1.96 bits per heavy atom. The molecule has 0 bridgehead atoms. The Morgan fingerprint density at radius 3 is 2.57 bits per heavy atom. The molecule has 3 rings (SSSR count). The van der Waals surface area contributed by atoms with Crippen molar-refractivity contribution in [2.75, 3.05) is 58.8 Å². The number of nitrogens with zero attached hydrogens (tertiary/aromatic N) is 5. The lowest BCUT2D eigenvalue weighted by molar-refractivity contribution is 0.291. The lowest BCUT2D eigenvalue weighted by Gasteiger charge is -2.37. The van der Waals surface area contributed by atoms with Crippen molar-refractivity contribution >= 4 is 11.8 Å². The van der Waals surface area contributed by atoms with Gasteiger partial charge in [-0.15, -0.1) is 0 Å². The molecule has 2 heterocycles. The fraction of sp³-hybridized carbons (Fsp3) is 0.429. The van der Waals surface area contributed by atoms with Gasteiger partial charge in [0.05, 0.1) is 6.04 Å². The van der Waals surface area contributed by atoms with E-state index in [2.05, 4.69) is 30.0 Å². The summed E-state index contributed by atoms with van der Waals surface area (Å²) in [5.41, 5.74) is 0.952.